The molecule has 21 heavy (non-hydrogen) atoms. The van der Waals surface area contributed by atoms with Crippen molar-refractivity contribution < 1.29 is 9.47 Å². The third kappa shape index (κ3) is 4.45. The first-order chi connectivity index (χ1) is 10.1. The summed E-state index contributed by atoms with van der Waals surface area (Å²) in [6.07, 6.45) is 11.8. The predicted octanol–water partition coefficient (Wildman–Crippen LogP) is 5.55. The van der Waals surface area contributed by atoms with Crippen molar-refractivity contribution in [2.24, 2.45) is 17.8 Å². The topological polar surface area (TPSA) is 18.5 Å². The van der Waals surface area contributed by atoms with E-state index in [9.17, 15) is 0 Å². The van der Waals surface area contributed by atoms with Gasteiger partial charge in [-0.3, -0.25) is 0 Å². The largest absolute Gasteiger partial charge is 0.349 e. The van der Waals surface area contributed by atoms with Crippen LogP contribution in [0.1, 0.15) is 85.5 Å². The number of hydrogen-bond donors (Lipinski definition) is 0. The Morgan fingerprint density at radius 3 is 2.62 bits per heavy atom. The van der Waals surface area contributed by atoms with Crippen LogP contribution in [0, 0.1) is 17.8 Å². The number of rotatable bonds is 6. The highest BCUT2D eigenvalue weighted by Gasteiger charge is 2.49. The van der Waals surface area contributed by atoms with Gasteiger partial charge in [0.2, 0.25) is 0 Å². The van der Waals surface area contributed by atoms with E-state index in [1.165, 1.54) is 44.9 Å². The maximum Gasteiger partial charge on any atom is 0.171 e. The van der Waals surface area contributed by atoms with Gasteiger partial charge in [0, 0.05) is 12.3 Å². The first-order valence-corrected chi connectivity index (χ1v) is 9.39. The highest BCUT2D eigenvalue weighted by Crippen LogP contribution is 2.47. The second kappa shape index (κ2) is 7.97. The van der Waals surface area contributed by atoms with Gasteiger partial charge in [-0.15, -0.1) is 0 Å². The van der Waals surface area contributed by atoms with Crippen LogP contribution in [0.5, 0.6) is 0 Å². The van der Waals surface area contributed by atoms with E-state index >= 15 is 0 Å². The molecular weight excluding hydrogens is 260 g/mol. The van der Waals surface area contributed by atoms with E-state index in [0.717, 1.165) is 25.4 Å². The van der Waals surface area contributed by atoms with Crippen molar-refractivity contribution in [2.75, 3.05) is 6.61 Å². The zero-order valence-corrected chi connectivity index (χ0v) is 14.7. The van der Waals surface area contributed by atoms with Crippen LogP contribution in [0.25, 0.3) is 0 Å². The lowest BCUT2D eigenvalue weighted by Crippen LogP contribution is -2.54. The molecule has 0 amide bonds. The summed E-state index contributed by atoms with van der Waals surface area (Å²) in [5, 5.41) is 0. The van der Waals surface area contributed by atoms with Gasteiger partial charge < -0.3 is 9.47 Å². The lowest BCUT2D eigenvalue weighted by atomic mass is 9.72. The number of ether oxygens (including phenoxy) is 2. The van der Waals surface area contributed by atoms with Crippen LogP contribution in [0.3, 0.4) is 0 Å². The predicted molar refractivity (Wildman–Crippen MR) is 88.3 cm³/mol. The molecule has 0 aromatic rings. The maximum absolute atomic E-state index is 6.62. The minimum atomic E-state index is -0.264. The molecule has 0 radical (unpaired) electrons. The van der Waals surface area contributed by atoms with Crippen molar-refractivity contribution in [2.45, 2.75) is 97.4 Å². The Morgan fingerprint density at radius 1 is 1.10 bits per heavy atom. The highest BCUT2D eigenvalue weighted by molar-refractivity contribution is 4.91. The van der Waals surface area contributed by atoms with Crippen LogP contribution in [-0.2, 0) is 9.47 Å². The van der Waals surface area contributed by atoms with Crippen molar-refractivity contribution in [3.05, 3.63) is 0 Å². The average Bonchev–Trinajstić information content (AvgIpc) is 2.43. The summed E-state index contributed by atoms with van der Waals surface area (Å²) in [4.78, 5) is 0. The van der Waals surface area contributed by atoms with Gasteiger partial charge in [0.1, 0.15) is 0 Å². The molecule has 2 aliphatic rings. The van der Waals surface area contributed by atoms with Crippen LogP contribution in [0.2, 0.25) is 0 Å². The molecule has 1 spiro atoms. The first kappa shape index (κ1) is 17.3. The molecule has 2 heteroatoms. The lowest BCUT2D eigenvalue weighted by molar-refractivity contribution is -0.339. The van der Waals surface area contributed by atoms with Crippen molar-refractivity contribution in [3.63, 3.8) is 0 Å². The number of hydrogen-bond acceptors (Lipinski definition) is 2. The standard InChI is InChI=1S/C19H36O2/c1-5-6-7-8-9-17-12-13-20-19(21-17)14-16(4)10-11-18(19)15(2)3/h15-18H,5-14H2,1-4H3/t16-,17-,18+,19+/m1/s1. The summed E-state index contributed by atoms with van der Waals surface area (Å²) < 4.78 is 12.9. The molecule has 0 unspecified atom stereocenters. The van der Waals surface area contributed by atoms with Crippen molar-refractivity contribution >= 4 is 0 Å². The third-order valence-corrected chi connectivity index (χ3v) is 5.51. The zero-order valence-electron chi connectivity index (χ0n) is 14.7. The molecule has 0 aromatic heterocycles. The third-order valence-electron chi connectivity index (χ3n) is 5.51. The fourth-order valence-corrected chi connectivity index (χ4v) is 4.31. The Kier molecular flexibility index (Phi) is 6.55. The van der Waals surface area contributed by atoms with Gasteiger partial charge in [-0.2, -0.15) is 0 Å². The van der Waals surface area contributed by atoms with Gasteiger partial charge >= 0.3 is 0 Å². The molecule has 2 rings (SSSR count). The minimum absolute atomic E-state index is 0.264. The Labute approximate surface area is 132 Å². The Morgan fingerprint density at radius 2 is 1.90 bits per heavy atom. The van der Waals surface area contributed by atoms with Crippen LogP contribution in [-0.4, -0.2) is 18.5 Å². The fraction of sp³-hybridized carbons (Fsp3) is 1.00. The summed E-state index contributed by atoms with van der Waals surface area (Å²) in [5.41, 5.74) is 0. The lowest BCUT2D eigenvalue weighted by Gasteiger charge is -2.51. The molecule has 1 aliphatic heterocycles. The van der Waals surface area contributed by atoms with E-state index in [1.54, 1.807) is 0 Å². The van der Waals surface area contributed by atoms with Gasteiger partial charge in [0.25, 0.3) is 0 Å². The van der Waals surface area contributed by atoms with E-state index in [-0.39, 0.29) is 5.79 Å². The van der Waals surface area contributed by atoms with Gasteiger partial charge in [-0.05, 0) is 31.1 Å². The van der Waals surface area contributed by atoms with Gasteiger partial charge in [0.05, 0.1) is 12.7 Å². The van der Waals surface area contributed by atoms with E-state index in [4.69, 9.17) is 9.47 Å². The normalized spacial score (nSPS) is 37.3. The Bertz CT molecular complexity index is 302. The smallest absolute Gasteiger partial charge is 0.171 e. The molecule has 1 heterocycles. The number of unbranched alkanes of at least 4 members (excludes halogenated alkanes) is 3. The molecular formula is C19H36O2. The van der Waals surface area contributed by atoms with E-state index in [1.807, 2.05) is 0 Å². The molecule has 124 valence electrons. The fourth-order valence-electron chi connectivity index (χ4n) is 4.31. The van der Waals surface area contributed by atoms with Crippen LogP contribution >= 0.6 is 0 Å². The quantitative estimate of drug-likeness (QED) is 0.598. The summed E-state index contributed by atoms with van der Waals surface area (Å²) in [5.74, 6) is 1.70. The van der Waals surface area contributed by atoms with Crippen molar-refractivity contribution in [3.8, 4) is 0 Å². The first-order valence-electron chi connectivity index (χ1n) is 9.39. The molecule has 2 nitrogen and oxygen atoms in total. The summed E-state index contributed by atoms with van der Waals surface area (Å²) >= 11 is 0. The molecule has 0 bridgehead atoms. The molecule has 2 fully saturated rings. The summed E-state index contributed by atoms with van der Waals surface area (Å²) in [6.45, 7) is 10.2. The second-order valence-electron chi connectivity index (χ2n) is 7.78. The van der Waals surface area contributed by atoms with Gasteiger partial charge in [-0.1, -0.05) is 59.8 Å². The van der Waals surface area contributed by atoms with Crippen LogP contribution in [0.4, 0.5) is 0 Å². The van der Waals surface area contributed by atoms with Crippen LogP contribution in [0.15, 0.2) is 0 Å². The Balaban J connectivity index is 1.95. The van der Waals surface area contributed by atoms with Gasteiger partial charge in [0.15, 0.2) is 5.79 Å². The van der Waals surface area contributed by atoms with Crippen molar-refractivity contribution in [1.29, 1.82) is 0 Å². The highest BCUT2D eigenvalue weighted by atomic mass is 16.7. The SMILES string of the molecule is CCCCCC[C@@H]1CCO[C@@]2(C[C@H](C)CC[C@H]2C(C)C)O1. The monoisotopic (exact) mass is 296 g/mol. The second-order valence-corrected chi connectivity index (χ2v) is 7.78. The summed E-state index contributed by atoms with van der Waals surface area (Å²) in [6, 6.07) is 0. The van der Waals surface area contributed by atoms with E-state index < -0.39 is 0 Å². The molecule has 1 saturated heterocycles. The molecule has 1 aliphatic carbocycles. The molecule has 0 aromatic carbocycles. The zero-order chi connectivity index (χ0) is 15.3. The summed E-state index contributed by atoms with van der Waals surface area (Å²) in [7, 11) is 0. The average molecular weight is 296 g/mol. The maximum atomic E-state index is 6.62. The van der Waals surface area contributed by atoms with Crippen molar-refractivity contribution in [1.82, 2.24) is 0 Å². The van der Waals surface area contributed by atoms with Crippen LogP contribution < -0.4 is 0 Å². The van der Waals surface area contributed by atoms with Gasteiger partial charge in [-0.25, -0.2) is 0 Å². The minimum Gasteiger partial charge on any atom is -0.349 e. The molecule has 4 atom stereocenters. The molecule has 1 saturated carbocycles. The van der Waals surface area contributed by atoms with E-state index in [0.29, 0.717) is 17.9 Å². The Hall–Kier alpha value is -0.0800. The molecule has 0 N–H and O–H groups in total. The van der Waals surface area contributed by atoms with E-state index in [2.05, 4.69) is 27.7 Å².